The lowest BCUT2D eigenvalue weighted by Gasteiger charge is -2.20. The van der Waals surface area contributed by atoms with Crippen molar-refractivity contribution in [2.75, 3.05) is 13.7 Å². The van der Waals surface area contributed by atoms with Crippen LogP contribution in [0.2, 0.25) is 0 Å². The molecule has 2 aromatic rings. The van der Waals surface area contributed by atoms with Crippen molar-refractivity contribution in [3.05, 3.63) is 45.3 Å². The van der Waals surface area contributed by atoms with Crippen LogP contribution in [-0.2, 0) is 14.3 Å². The molecule has 0 aliphatic rings. The molecule has 3 N–H and O–H groups in total. The van der Waals surface area contributed by atoms with Crippen LogP contribution in [-0.4, -0.2) is 42.2 Å². The van der Waals surface area contributed by atoms with Gasteiger partial charge in [-0.15, -0.1) is 0 Å². The van der Waals surface area contributed by atoms with Gasteiger partial charge < -0.3 is 19.8 Å². The Labute approximate surface area is 182 Å². The van der Waals surface area contributed by atoms with Crippen molar-refractivity contribution in [1.82, 2.24) is 15.6 Å². The number of halogens is 1. The fourth-order valence-corrected chi connectivity index (χ4v) is 3.31. The van der Waals surface area contributed by atoms with Crippen LogP contribution in [0.15, 0.2) is 36.0 Å². The molecule has 8 nitrogen and oxygen atoms in total. The second-order valence-electron chi connectivity index (χ2n) is 7.14. The van der Waals surface area contributed by atoms with Gasteiger partial charge in [-0.3, -0.25) is 10.1 Å². The van der Waals surface area contributed by atoms with Crippen molar-refractivity contribution < 1.29 is 23.9 Å². The van der Waals surface area contributed by atoms with E-state index in [9.17, 15) is 14.4 Å². The maximum Gasteiger partial charge on any atom is 0.412 e. The number of benzene rings is 1. The molecule has 0 aliphatic heterocycles. The molecule has 29 heavy (non-hydrogen) atoms. The van der Waals surface area contributed by atoms with Crippen molar-refractivity contribution >= 4 is 51.5 Å². The second-order valence-corrected chi connectivity index (χ2v) is 8.22. The van der Waals surface area contributed by atoms with Gasteiger partial charge in [0.25, 0.3) is 5.91 Å². The maximum atomic E-state index is 12.5. The monoisotopic (exact) mass is 513 g/mol. The minimum Gasteiger partial charge on any atom is -0.464 e. The predicted molar refractivity (Wildman–Crippen MR) is 117 cm³/mol. The van der Waals surface area contributed by atoms with Gasteiger partial charge >= 0.3 is 12.1 Å². The number of fused-ring (bicyclic) bond motifs is 1. The molecule has 1 aromatic carbocycles. The normalized spacial score (nSPS) is 11.8. The van der Waals surface area contributed by atoms with Crippen molar-refractivity contribution in [1.29, 1.82) is 0 Å². The zero-order chi connectivity index (χ0) is 21.6. The van der Waals surface area contributed by atoms with Crippen molar-refractivity contribution in [2.45, 2.75) is 32.8 Å². The molecule has 0 fully saturated rings. The van der Waals surface area contributed by atoms with E-state index in [4.69, 9.17) is 4.74 Å². The minimum atomic E-state index is -0.759. The van der Waals surface area contributed by atoms with Gasteiger partial charge in [0.05, 0.1) is 10.7 Å². The van der Waals surface area contributed by atoms with Crippen LogP contribution >= 0.6 is 22.6 Å². The van der Waals surface area contributed by atoms with E-state index in [1.54, 1.807) is 20.8 Å². The second kappa shape index (κ2) is 9.77. The van der Waals surface area contributed by atoms with Gasteiger partial charge in [-0.25, -0.2) is 9.59 Å². The van der Waals surface area contributed by atoms with E-state index in [-0.39, 0.29) is 18.1 Å². The van der Waals surface area contributed by atoms with E-state index in [0.717, 1.165) is 14.5 Å². The zero-order valence-electron chi connectivity index (χ0n) is 16.7. The topological polar surface area (TPSA) is 110 Å². The Morgan fingerprint density at radius 1 is 1.21 bits per heavy atom. The Morgan fingerprint density at radius 3 is 2.52 bits per heavy atom. The smallest absolute Gasteiger partial charge is 0.412 e. The van der Waals surface area contributed by atoms with Crippen LogP contribution < -0.4 is 10.6 Å². The first-order valence-electron chi connectivity index (χ1n) is 8.95. The third-order valence-corrected chi connectivity index (χ3v) is 4.81. The summed E-state index contributed by atoms with van der Waals surface area (Å²) in [5, 5.41) is 6.14. The molecule has 0 spiro atoms. The maximum absolute atomic E-state index is 12.5. The molecular formula is C20H24IN3O5. The summed E-state index contributed by atoms with van der Waals surface area (Å²) in [7, 11) is 1.21. The van der Waals surface area contributed by atoms with Gasteiger partial charge in [0.15, 0.2) is 0 Å². The molecule has 156 valence electrons. The van der Waals surface area contributed by atoms with Crippen LogP contribution in [0.25, 0.3) is 10.9 Å². The summed E-state index contributed by atoms with van der Waals surface area (Å²) in [4.78, 5) is 39.3. The highest BCUT2D eigenvalue weighted by atomic mass is 127. The number of rotatable bonds is 6. The number of amides is 2. The molecule has 0 atom stereocenters. The summed E-state index contributed by atoms with van der Waals surface area (Å²) >= 11 is 2.13. The number of H-pyrrole nitrogens is 1. The van der Waals surface area contributed by atoms with Crippen LogP contribution in [0.5, 0.6) is 0 Å². The first kappa shape index (κ1) is 22.7. The van der Waals surface area contributed by atoms with Gasteiger partial charge in [-0.1, -0.05) is 24.3 Å². The molecule has 2 amide bonds. The molecular weight excluding hydrogens is 489 g/mol. The van der Waals surface area contributed by atoms with Crippen LogP contribution in [0.4, 0.5) is 4.79 Å². The van der Waals surface area contributed by atoms with Crippen molar-refractivity contribution in [3.8, 4) is 0 Å². The number of aromatic nitrogens is 1. The Morgan fingerprint density at radius 2 is 1.90 bits per heavy atom. The van der Waals surface area contributed by atoms with Crippen LogP contribution in [0.3, 0.4) is 0 Å². The molecule has 1 heterocycles. The summed E-state index contributed by atoms with van der Waals surface area (Å²) in [6.45, 7) is 5.42. The molecule has 2 rings (SSSR count). The number of carbonyl (C=O) groups is 3. The Balaban J connectivity index is 1.97. The highest BCUT2D eigenvalue weighted by Crippen LogP contribution is 2.23. The lowest BCUT2D eigenvalue weighted by atomic mass is 10.2. The summed E-state index contributed by atoms with van der Waals surface area (Å²) in [5.41, 5.74) is 0.624. The zero-order valence-corrected chi connectivity index (χ0v) is 18.9. The molecule has 0 saturated heterocycles. The highest BCUT2D eigenvalue weighted by molar-refractivity contribution is 14.1. The van der Waals surface area contributed by atoms with Gasteiger partial charge in [-0.2, -0.15) is 0 Å². The van der Waals surface area contributed by atoms with Gasteiger partial charge in [0.2, 0.25) is 0 Å². The summed E-state index contributed by atoms with van der Waals surface area (Å²) < 4.78 is 10.6. The van der Waals surface area contributed by atoms with Gasteiger partial charge in [0, 0.05) is 17.4 Å². The fourth-order valence-electron chi connectivity index (χ4n) is 2.46. The number of hydrogen-bond donors (Lipinski definition) is 3. The van der Waals surface area contributed by atoms with Crippen molar-refractivity contribution in [2.24, 2.45) is 0 Å². The number of alkyl carbamates (subject to hydrolysis) is 1. The Hall–Kier alpha value is -2.56. The summed E-state index contributed by atoms with van der Waals surface area (Å²) in [6, 6.07) is 7.66. The van der Waals surface area contributed by atoms with Gasteiger partial charge in [0.1, 0.15) is 17.0 Å². The van der Waals surface area contributed by atoms with Crippen molar-refractivity contribution in [3.63, 3.8) is 0 Å². The van der Waals surface area contributed by atoms with Crippen LogP contribution in [0, 0.1) is 3.57 Å². The van der Waals surface area contributed by atoms with E-state index < -0.39 is 17.7 Å². The molecule has 0 aliphatic carbocycles. The Kier molecular flexibility index (Phi) is 7.66. The third kappa shape index (κ3) is 6.48. The minimum absolute atomic E-state index is 0.0452. The number of aromatic amines is 1. The molecule has 1 aromatic heterocycles. The summed E-state index contributed by atoms with van der Waals surface area (Å²) in [6.07, 6.45) is 1.03. The fraction of sp³-hybridized carbons (Fsp3) is 0.350. The summed E-state index contributed by atoms with van der Waals surface area (Å²) in [5.74, 6) is -0.953. The largest absolute Gasteiger partial charge is 0.464 e. The Bertz CT molecular complexity index is 943. The number of nitrogens with one attached hydrogen (secondary N) is 3. The van der Waals surface area contributed by atoms with E-state index in [2.05, 4.69) is 42.9 Å². The average molecular weight is 513 g/mol. The number of hydrogen-bond acceptors (Lipinski definition) is 5. The van der Waals surface area contributed by atoms with E-state index in [0.29, 0.717) is 12.1 Å². The number of esters is 1. The number of para-hydroxylation sites is 1. The molecule has 9 heteroatoms. The molecule has 0 saturated carbocycles. The van der Waals surface area contributed by atoms with Crippen LogP contribution in [0.1, 0.15) is 37.7 Å². The highest BCUT2D eigenvalue weighted by Gasteiger charge is 2.20. The number of methoxy groups -OCH3 is 1. The molecule has 0 radical (unpaired) electrons. The first-order chi connectivity index (χ1) is 13.6. The van der Waals surface area contributed by atoms with E-state index in [1.807, 2.05) is 24.3 Å². The average Bonchev–Trinajstić information content (AvgIpc) is 2.99. The number of carbonyl (C=O) groups excluding carboxylic acids is 3. The standard InChI is InChI=1S/C20H24IN3O5/c1-20(2,3)29-19(27)24-14(18(26)28-4)10-7-11-22-17(25)16-15(21)12-8-5-6-9-13(12)23-16/h5-6,8-10,23H,7,11H2,1-4H3,(H,22,25)(H,24,27)/b14-10+. The predicted octanol–water partition coefficient (Wildman–Crippen LogP) is 3.47. The molecule has 0 bridgehead atoms. The van der Waals surface area contributed by atoms with Gasteiger partial charge in [-0.05, 0) is 55.8 Å². The van der Waals surface area contributed by atoms with E-state index >= 15 is 0 Å². The van der Waals surface area contributed by atoms with E-state index in [1.165, 1.54) is 13.2 Å². The molecule has 0 unspecified atom stereocenters. The lowest BCUT2D eigenvalue weighted by molar-refractivity contribution is -0.136. The SMILES string of the molecule is COC(=O)/C(=C\CCNC(=O)c1[nH]c2ccccc2c1I)NC(=O)OC(C)(C)C. The quantitative estimate of drug-likeness (QED) is 0.237. The third-order valence-electron chi connectivity index (χ3n) is 3.69. The first-order valence-corrected chi connectivity index (χ1v) is 10.0. The lowest BCUT2D eigenvalue weighted by Crippen LogP contribution is -2.34. The number of ether oxygens (including phenoxy) is 2.